The summed E-state index contributed by atoms with van der Waals surface area (Å²) in [5, 5.41) is 0.645. The van der Waals surface area contributed by atoms with E-state index in [4.69, 9.17) is 17.3 Å². The number of nitrogens with two attached hydrogens (primary N) is 1. The first-order valence-corrected chi connectivity index (χ1v) is 5.19. The van der Waals surface area contributed by atoms with Crippen molar-refractivity contribution in [3.8, 4) is 11.1 Å². The molecule has 2 N–H and O–H groups in total. The molecule has 2 aromatic rings. The minimum atomic E-state index is 0.572. The second kappa shape index (κ2) is 4.37. The van der Waals surface area contributed by atoms with Crippen LogP contribution in [0.4, 0.5) is 5.69 Å². The smallest absolute Gasteiger partial charge is 0.150 e. The van der Waals surface area contributed by atoms with Crippen LogP contribution in [0.25, 0.3) is 11.1 Å². The average Bonchev–Trinajstić information content (AvgIpc) is 2.28. The predicted octanol–water partition coefficient (Wildman–Crippen LogP) is 3.40. The molecule has 0 aliphatic carbocycles. The van der Waals surface area contributed by atoms with Gasteiger partial charge in [-0.05, 0) is 35.4 Å². The Morgan fingerprint density at radius 2 is 1.94 bits per heavy atom. The van der Waals surface area contributed by atoms with E-state index < -0.39 is 0 Å². The monoisotopic (exact) mass is 231 g/mol. The number of hydrogen-bond acceptors (Lipinski definition) is 2. The van der Waals surface area contributed by atoms with Crippen LogP contribution >= 0.6 is 11.6 Å². The lowest BCUT2D eigenvalue weighted by atomic mass is 10.00. The van der Waals surface area contributed by atoms with Gasteiger partial charge in [0.1, 0.15) is 0 Å². The molecule has 0 aliphatic rings. The molecular weight excluding hydrogens is 222 g/mol. The van der Waals surface area contributed by atoms with Crippen LogP contribution in [0, 0.1) is 0 Å². The van der Waals surface area contributed by atoms with Gasteiger partial charge in [0.25, 0.3) is 0 Å². The summed E-state index contributed by atoms with van der Waals surface area (Å²) in [6, 6.07) is 12.6. The van der Waals surface area contributed by atoms with Crippen LogP contribution in [0.5, 0.6) is 0 Å². The Morgan fingerprint density at radius 3 is 2.62 bits per heavy atom. The zero-order valence-electron chi connectivity index (χ0n) is 8.48. The first-order chi connectivity index (χ1) is 7.70. The maximum absolute atomic E-state index is 10.9. The van der Waals surface area contributed by atoms with Crippen LogP contribution in [0.1, 0.15) is 10.4 Å². The molecule has 0 heterocycles. The molecule has 0 unspecified atom stereocenters. The number of carbonyl (C=O) groups is 1. The highest BCUT2D eigenvalue weighted by molar-refractivity contribution is 6.30. The van der Waals surface area contributed by atoms with Crippen molar-refractivity contribution in [2.75, 3.05) is 5.73 Å². The van der Waals surface area contributed by atoms with Crippen molar-refractivity contribution >= 4 is 23.6 Å². The Bertz CT molecular complexity index is 537. The van der Waals surface area contributed by atoms with Crippen molar-refractivity contribution in [3.05, 3.63) is 53.1 Å². The van der Waals surface area contributed by atoms with E-state index in [1.54, 1.807) is 18.2 Å². The lowest BCUT2D eigenvalue weighted by Gasteiger charge is -2.06. The Hall–Kier alpha value is -1.80. The van der Waals surface area contributed by atoms with Crippen molar-refractivity contribution in [1.82, 2.24) is 0 Å². The van der Waals surface area contributed by atoms with E-state index in [1.165, 1.54) is 0 Å². The summed E-state index contributed by atoms with van der Waals surface area (Å²) >= 11 is 5.91. The van der Waals surface area contributed by atoms with Crippen LogP contribution in [-0.4, -0.2) is 6.29 Å². The Morgan fingerprint density at radius 1 is 1.12 bits per heavy atom. The number of anilines is 1. The van der Waals surface area contributed by atoms with E-state index in [-0.39, 0.29) is 0 Å². The summed E-state index contributed by atoms with van der Waals surface area (Å²) < 4.78 is 0. The fourth-order valence-corrected chi connectivity index (χ4v) is 1.79. The van der Waals surface area contributed by atoms with Crippen LogP contribution in [0.15, 0.2) is 42.5 Å². The SMILES string of the molecule is Nc1ccc(-c2cccc(Cl)c2)c(C=O)c1. The van der Waals surface area contributed by atoms with Crippen molar-refractivity contribution in [2.45, 2.75) is 0 Å². The molecule has 16 heavy (non-hydrogen) atoms. The zero-order valence-corrected chi connectivity index (χ0v) is 9.24. The number of nitrogen functional groups attached to an aromatic ring is 1. The van der Waals surface area contributed by atoms with Gasteiger partial charge in [-0.2, -0.15) is 0 Å². The topological polar surface area (TPSA) is 43.1 Å². The second-order valence-electron chi connectivity index (χ2n) is 3.47. The van der Waals surface area contributed by atoms with Gasteiger partial charge in [-0.1, -0.05) is 29.8 Å². The Kier molecular flexibility index (Phi) is 2.93. The normalized spacial score (nSPS) is 10.1. The maximum atomic E-state index is 10.9. The lowest BCUT2D eigenvalue weighted by Crippen LogP contribution is -1.91. The standard InChI is InChI=1S/C13H10ClNO/c14-11-3-1-2-9(6-11)13-5-4-12(15)7-10(13)8-16/h1-8H,15H2. The van der Waals surface area contributed by atoms with E-state index in [0.29, 0.717) is 16.3 Å². The van der Waals surface area contributed by atoms with Crippen LogP contribution in [0.3, 0.4) is 0 Å². The first-order valence-electron chi connectivity index (χ1n) is 4.81. The molecule has 0 atom stereocenters. The molecule has 0 saturated heterocycles. The molecule has 0 aromatic heterocycles. The number of rotatable bonds is 2. The van der Waals surface area contributed by atoms with Gasteiger partial charge < -0.3 is 5.73 Å². The van der Waals surface area contributed by atoms with Gasteiger partial charge in [0, 0.05) is 16.3 Å². The van der Waals surface area contributed by atoms with Crippen molar-refractivity contribution in [2.24, 2.45) is 0 Å². The van der Waals surface area contributed by atoms with Crippen molar-refractivity contribution in [3.63, 3.8) is 0 Å². The molecule has 0 amide bonds. The van der Waals surface area contributed by atoms with Gasteiger partial charge in [-0.25, -0.2) is 0 Å². The van der Waals surface area contributed by atoms with E-state index in [2.05, 4.69) is 0 Å². The molecule has 0 spiro atoms. The van der Waals surface area contributed by atoms with Crippen LogP contribution in [-0.2, 0) is 0 Å². The van der Waals surface area contributed by atoms with Gasteiger partial charge in [-0.15, -0.1) is 0 Å². The van der Waals surface area contributed by atoms with E-state index in [9.17, 15) is 4.79 Å². The number of benzene rings is 2. The summed E-state index contributed by atoms with van der Waals surface area (Å²) in [6.45, 7) is 0. The zero-order chi connectivity index (χ0) is 11.5. The minimum Gasteiger partial charge on any atom is -0.399 e. The van der Waals surface area contributed by atoms with E-state index in [1.807, 2.05) is 24.3 Å². The molecule has 2 aromatic carbocycles. The van der Waals surface area contributed by atoms with Crippen LogP contribution < -0.4 is 5.73 Å². The fraction of sp³-hybridized carbons (Fsp3) is 0. The van der Waals surface area contributed by atoms with E-state index >= 15 is 0 Å². The lowest BCUT2D eigenvalue weighted by molar-refractivity contribution is 0.112. The highest BCUT2D eigenvalue weighted by Crippen LogP contribution is 2.26. The molecule has 2 rings (SSSR count). The Labute approximate surface area is 98.7 Å². The fourth-order valence-electron chi connectivity index (χ4n) is 1.60. The molecule has 0 aliphatic heterocycles. The average molecular weight is 232 g/mol. The van der Waals surface area contributed by atoms with Gasteiger partial charge >= 0.3 is 0 Å². The number of aldehydes is 1. The van der Waals surface area contributed by atoms with Crippen LogP contribution in [0.2, 0.25) is 5.02 Å². The maximum Gasteiger partial charge on any atom is 0.150 e. The first kappa shape index (κ1) is 10.7. The summed E-state index contributed by atoms with van der Waals surface area (Å²) in [5.74, 6) is 0. The third-order valence-corrected chi connectivity index (χ3v) is 2.57. The van der Waals surface area contributed by atoms with E-state index in [0.717, 1.165) is 17.4 Å². The molecular formula is C13H10ClNO. The number of carbonyl (C=O) groups excluding carboxylic acids is 1. The quantitative estimate of drug-likeness (QED) is 0.636. The Balaban J connectivity index is 2.59. The van der Waals surface area contributed by atoms with Gasteiger partial charge in [0.15, 0.2) is 6.29 Å². The molecule has 0 fully saturated rings. The predicted molar refractivity (Wildman–Crippen MR) is 66.7 cm³/mol. The molecule has 0 bridgehead atoms. The summed E-state index contributed by atoms with van der Waals surface area (Å²) in [5.41, 5.74) is 8.53. The second-order valence-corrected chi connectivity index (χ2v) is 3.91. The molecule has 2 nitrogen and oxygen atoms in total. The van der Waals surface area contributed by atoms with Gasteiger partial charge in [0.05, 0.1) is 0 Å². The van der Waals surface area contributed by atoms with Gasteiger partial charge in [-0.3, -0.25) is 4.79 Å². The highest BCUT2D eigenvalue weighted by atomic mass is 35.5. The minimum absolute atomic E-state index is 0.572. The molecule has 3 heteroatoms. The third-order valence-electron chi connectivity index (χ3n) is 2.34. The third kappa shape index (κ3) is 2.07. The largest absolute Gasteiger partial charge is 0.399 e. The summed E-state index contributed by atoms with van der Waals surface area (Å²) in [4.78, 5) is 10.9. The molecule has 0 saturated carbocycles. The number of hydrogen-bond donors (Lipinski definition) is 1. The van der Waals surface area contributed by atoms with Gasteiger partial charge in [0.2, 0.25) is 0 Å². The molecule has 80 valence electrons. The summed E-state index contributed by atoms with van der Waals surface area (Å²) in [7, 11) is 0. The number of halogens is 1. The highest BCUT2D eigenvalue weighted by Gasteiger charge is 2.05. The molecule has 0 radical (unpaired) electrons. The summed E-state index contributed by atoms with van der Waals surface area (Å²) in [6.07, 6.45) is 0.798. The van der Waals surface area contributed by atoms with Crippen molar-refractivity contribution in [1.29, 1.82) is 0 Å². The van der Waals surface area contributed by atoms with Crippen molar-refractivity contribution < 1.29 is 4.79 Å².